The summed E-state index contributed by atoms with van der Waals surface area (Å²) in [6.07, 6.45) is 16.5. The molecule has 5 aromatic heterocycles. The molecule has 0 radical (unpaired) electrons. The SMILES string of the molecule is COc1ccc(S(=O)(=O)Nc2cccc3cnccc23)cc1OC.Cc1cccc(S(=O)(=O)Nc2cccc3cnccc23)c1.O=S(=O)(Nc1cccc2cnccc12)c1ccc(-c2ccccc2)cc1.O=S(=O)(Nc1cccc2cnccc12)c1ccc2c(c1)OCCO2.O=S(=O)(Nc1cccc2cnccc12)c1ccccc1F. The van der Waals surface area contributed by atoms with Crippen LogP contribution in [0.3, 0.4) is 0 Å². The van der Waals surface area contributed by atoms with Gasteiger partial charge in [-0.15, -0.1) is 0 Å². The normalized spacial score (nSPS) is 11.9. The smallest absolute Gasteiger partial charge is 0.264 e. The van der Waals surface area contributed by atoms with Crippen LogP contribution in [-0.4, -0.2) is 94.4 Å². The Balaban J connectivity index is 0.000000126. The van der Waals surface area contributed by atoms with Crippen LogP contribution in [0, 0.1) is 12.7 Å². The lowest BCUT2D eigenvalue weighted by molar-refractivity contribution is 0.171. The Morgan fingerprint density at radius 3 is 1.07 bits per heavy atom. The fourth-order valence-corrected chi connectivity index (χ4v) is 17.8. The van der Waals surface area contributed by atoms with Crippen molar-refractivity contribution in [2.75, 3.05) is 51.0 Å². The fourth-order valence-electron chi connectivity index (χ4n) is 12.1. The summed E-state index contributed by atoms with van der Waals surface area (Å²) in [7, 11) is -15.8. The minimum Gasteiger partial charge on any atom is -0.493 e. The molecule has 1 aliphatic heterocycles. The van der Waals surface area contributed by atoms with Crippen LogP contribution in [0.5, 0.6) is 23.0 Å². The molecule has 0 aliphatic carbocycles. The van der Waals surface area contributed by atoms with Crippen molar-refractivity contribution < 1.29 is 65.4 Å². The zero-order chi connectivity index (χ0) is 81.5. The van der Waals surface area contributed by atoms with Crippen LogP contribution in [0.1, 0.15) is 5.56 Å². The highest BCUT2D eigenvalue weighted by Crippen LogP contribution is 2.36. The molecule has 30 heteroatoms. The lowest BCUT2D eigenvalue weighted by Gasteiger charge is -2.19. The highest BCUT2D eigenvalue weighted by atomic mass is 32.2. The number of aromatic nitrogens is 5. The second-order valence-corrected chi connectivity index (χ2v) is 33.9. The first-order chi connectivity index (χ1) is 56.0. The fraction of sp³-hybridized carbons (Fsp3) is 0.0581. The van der Waals surface area contributed by atoms with Gasteiger partial charge in [-0.25, -0.2) is 46.5 Å². The van der Waals surface area contributed by atoms with Gasteiger partial charge in [0.15, 0.2) is 23.0 Å². The van der Waals surface area contributed by atoms with Crippen molar-refractivity contribution in [2.24, 2.45) is 0 Å². The Hall–Kier alpha value is -13.7. The molecular formula is C86H71FN10O14S5. The molecular weight excluding hydrogens is 1580 g/mol. The Bertz CT molecular complexity index is 6720. The molecule has 0 bridgehead atoms. The minimum atomic E-state index is -3.98. The van der Waals surface area contributed by atoms with E-state index in [1.54, 1.807) is 195 Å². The van der Waals surface area contributed by atoms with Gasteiger partial charge in [0, 0.05) is 128 Å². The van der Waals surface area contributed by atoms with Gasteiger partial charge in [0.25, 0.3) is 50.1 Å². The van der Waals surface area contributed by atoms with E-state index in [0.29, 0.717) is 70.0 Å². The minimum absolute atomic E-state index is 0.0891. The van der Waals surface area contributed by atoms with Gasteiger partial charge in [0.2, 0.25) is 0 Å². The summed E-state index contributed by atoms with van der Waals surface area (Å²) in [4.78, 5) is 20.5. The topological polar surface area (TPSA) is 332 Å². The molecule has 17 rings (SSSR count). The maximum Gasteiger partial charge on any atom is 0.264 e. The maximum atomic E-state index is 13.7. The van der Waals surface area contributed by atoms with E-state index in [4.69, 9.17) is 18.9 Å². The van der Waals surface area contributed by atoms with E-state index in [2.05, 4.69) is 48.5 Å². The quantitative estimate of drug-likeness (QED) is 0.0533. The Morgan fingerprint density at radius 1 is 0.310 bits per heavy atom. The van der Waals surface area contributed by atoms with Crippen molar-refractivity contribution in [3.05, 3.63) is 334 Å². The number of nitrogens with zero attached hydrogens (tertiary/aromatic N) is 5. The van der Waals surface area contributed by atoms with Crippen molar-refractivity contribution in [2.45, 2.75) is 31.4 Å². The van der Waals surface area contributed by atoms with E-state index in [9.17, 15) is 46.5 Å². The summed E-state index contributed by atoms with van der Waals surface area (Å²) in [5, 5.41) is 8.18. The number of anilines is 5. The van der Waals surface area contributed by atoms with Crippen LogP contribution in [0.2, 0.25) is 0 Å². The van der Waals surface area contributed by atoms with Crippen molar-refractivity contribution in [1.82, 2.24) is 24.9 Å². The number of sulfonamides is 5. The standard InChI is InChI=1S/C21H16N2O2S.C17H14N2O4S.C17H16N2O4S.C16H14N2O2S.C15H11FN2O2S/c24-26(25,23-21-8-4-7-18-15-22-14-13-20(18)21)19-11-9-17(10-12-19)16-5-2-1-3-6-16;20-24(21,13-4-5-16-17(10-13)23-9-8-22-16)19-15-3-1-2-12-11-18-7-6-14(12)15;1-22-16-7-6-13(10-17(16)23-2)24(20,21)19-15-5-3-4-12-11-18-9-8-14(12)15;1-12-4-2-6-14(10-12)21(19,20)18-16-7-3-5-13-11-17-9-8-15(13)16;16-13-5-1-2-7-15(13)21(19,20)18-14-6-3-4-11-10-17-9-8-12(11)14/h1-15,23H;1-7,10-11,19H,8-9H2;3-11,19H,1-2H3;2-11,18H,1H3;1-10,18H. The average Bonchev–Trinajstić information content (AvgIpc) is 0.805. The molecule has 586 valence electrons. The van der Waals surface area contributed by atoms with E-state index in [0.717, 1.165) is 71.2 Å². The zero-order valence-corrected chi connectivity index (χ0v) is 66.0. The second kappa shape index (κ2) is 35.6. The number of aryl methyl sites for hydroxylation is 1. The number of benzene rings is 11. The van der Waals surface area contributed by atoms with Crippen LogP contribution in [-0.2, 0) is 50.1 Å². The third-order valence-corrected chi connectivity index (χ3v) is 24.7. The molecule has 0 fully saturated rings. The van der Waals surface area contributed by atoms with E-state index in [1.807, 2.05) is 85.8 Å². The predicted octanol–water partition coefficient (Wildman–Crippen LogP) is 17.1. The van der Waals surface area contributed by atoms with Gasteiger partial charge in [0.1, 0.15) is 23.9 Å². The van der Waals surface area contributed by atoms with Gasteiger partial charge < -0.3 is 18.9 Å². The van der Waals surface area contributed by atoms with Gasteiger partial charge in [-0.05, 0) is 145 Å². The largest absolute Gasteiger partial charge is 0.493 e. The predicted molar refractivity (Wildman–Crippen MR) is 449 cm³/mol. The first kappa shape index (κ1) is 80.4. The lowest BCUT2D eigenvalue weighted by Crippen LogP contribution is -2.17. The number of hydrogen-bond donors (Lipinski definition) is 5. The molecule has 0 amide bonds. The summed E-state index contributed by atoms with van der Waals surface area (Å²) in [6, 6.07) is 73.5. The first-order valence-electron chi connectivity index (χ1n) is 35.3. The van der Waals surface area contributed by atoms with Crippen LogP contribution >= 0.6 is 0 Å². The van der Waals surface area contributed by atoms with E-state index >= 15 is 0 Å². The number of nitrogens with one attached hydrogen (secondary N) is 5. The second-order valence-electron chi connectivity index (χ2n) is 25.5. The number of fused-ring (bicyclic) bond motifs is 6. The number of hydrogen-bond acceptors (Lipinski definition) is 19. The summed E-state index contributed by atoms with van der Waals surface area (Å²) >= 11 is 0. The van der Waals surface area contributed by atoms with Crippen LogP contribution in [0.25, 0.3) is 65.0 Å². The summed E-state index contributed by atoms with van der Waals surface area (Å²) in [6.45, 7) is 2.73. The van der Waals surface area contributed by atoms with E-state index < -0.39 is 55.9 Å². The molecule has 5 N–H and O–H groups in total. The third-order valence-electron chi connectivity index (χ3n) is 17.8. The molecule has 0 saturated carbocycles. The van der Waals surface area contributed by atoms with Gasteiger partial charge >= 0.3 is 0 Å². The third kappa shape index (κ3) is 19.3. The molecule has 6 heterocycles. The van der Waals surface area contributed by atoms with Crippen LogP contribution in [0.4, 0.5) is 32.8 Å². The van der Waals surface area contributed by atoms with Gasteiger partial charge in [-0.1, -0.05) is 127 Å². The first-order valence-corrected chi connectivity index (χ1v) is 42.7. The van der Waals surface area contributed by atoms with Gasteiger partial charge in [0.05, 0.1) is 62.2 Å². The molecule has 0 unspecified atom stereocenters. The molecule has 0 atom stereocenters. The van der Waals surface area contributed by atoms with Crippen LogP contribution in [0.15, 0.2) is 347 Å². The molecule has 1 aliphatic rings. The molecule has 0 saturated heterocycles. The highest BCUT2D eigenvalue weighted by molar-refractivity contribution is 7.94. The van der Waals surface area contributed by atoms with Gasteiger partial charge in [-0.2, -0.15) is 0 Å². The zero-order valence-electron chi connectivity index (χ0n) is 61.9. The maximum absolute atomic E-state index is 13.7. The number of rotatable bonds is 18. The molecule has 116 heavy (non-hydrogen) atoms. The summed E-state index contributed by atoms with van der Waals surface area (Å²) in [5.41, 5.74) is 5.40. The van der Waals surface area contributed by atoms with Crippen LogP contribution < -0.4 is 42.6 Å². The Morgan fingerprint density at radius 2 is 0.655 bits per heavy atom. The molecule has 11 aromatic carbocycles. The lowest BCUT2D eigenvalue weighted by atomic mass is 10.1. The van der Waals surface area contributed by atoms with Crippen molar-refractivity contribution in [3.63, 3.8) is 0 Å². The van der Waals surface area contributed by atoms with Crippen molar-refractivity contribution in [3.8, 4) is 34.1 Å². The average molecular weight is 1650 g/mol. The van der Waals surface area contributed by atoms with Crippen molar-refractivity contribution >= 4 is 132 Å². The number of halogens is 1. The van der Waals surface area contributed by atoms with E-state index in [-0.39, 0.29) is 24.5 Å². The molecule has 0 spiro atoms. The monoisotopic (exact) mass is 1650 g/mol. The highest BCUT2D eigenvalue weighted by Gasteiger charge is 2.24. The Labute approximate surface area is 669 Å². The van der Waals surface area contributed by atoms with Gasteiger partial charge in [-0.3, -0.25) is 48.5 Å². The summed E-state index contributed by atoms with van der Waals surface area (Å²) < 4.78 is 174. The molecule has 16 aromatic rings. The van der Waals surface area contributed by atoms with Crippen molar-refractivity contribution in [1.29, 1.82) is 0 Å². The summed E-state index contributed by atoms with van der Waals surface area (Å²) in [5.74, 6) is 1.02. The Kier molecular flexibility index (Phi) is 24.7. The number of pyridine rings is 5. The number of methoxy groups -OCH3 is 2. The van der Waals surface area contributed by atoms with E-state index in [1.165, 1.54) is 56.7 Å². The number of ether oxygens (including phenoxy) is 4. The molecule has 24 nitrogen and oxygen atoms in total.